The molecule has 4 bridgehead atoms. The molecule has 2 N–H and O–H groups in total. The second-order valence-corrected chi connectivity index (χ2v) is 12.2. The van der Waals surface area contributed by atoms with E-state index in [1.54, 1.807) is 6.07 Å². The Morgan fingerprint density at radius 2 is 2.00 bits per heavy atom. The molecule has 1 amide bonds. The number of piperidine rings is 1. The lowest BCUT2D eigenvalue weighted by Gasteiger charge is -2.66. The molecule has 1 aromatic heterocycles. The summed E-state index contributed by atoms with van der Waals surface area (Å²) < 4.78 is 6.78. The van der Waals surface area contributed by atoms with Crippen molar-refractivity contribution in [1.29, 1.82) is 0 Å². The van der Waals surface area contributed by atoms with Crippen LogP contribution in [0.3, 0.4) is 0 Å². The Morgan fingerprint density at radius 1 is 1.11 bits per heavy atom. The fourth-order valence-corrected chi connectivity index (χ4v) is 9.16. The van der Waals surface area contributed by atoms with Gasteiger partial charge in [0.2, 0.25) is 11.5 Å². The van der Waals surface area contributed by atoms with Crippen LogP contribution < -0.4 is 10.3 Å². The molecule has 7 nitrogen and oxygen atoms in total. The molecular weight excluding hydrogens is 454 g/mol. The van der Waals surface area contributed by atoms with Crippen LogP contribution in [-0.2, 0) is 23.1 Å². The molecule has 0 radical (unpaired) electrons. The zero-order valence-corrected chi connectivity index (χ0v) is 20.5. The van der Waals surface area contributed by atoms with Gasteiger partial charge in [0, 0.05) is 47.3 Å². The topological polar surface area (TPSA) is 85.9 Å². The zero-order chi connectivity index (χ0) is 24.2. The van der Waals surface area contributed by atoms with E-state index in [-0.39, 0.29) is 46.6 Å². The maximum Gasteiger partial charge on any atom is 0.248 e. The number of H-pyrrole nitrogens is 1. The average molecular weight is 488 g/mol. The quantitative estimate of drug-likeness (QED) is 0.693. The summed E-state index contributed by atoms with van der Waals surface area (Å²) in [6, 6.07) is 9.40. The van der Waals surface area contributed by atoms with E-state index in [1.165, 1.54) is 36.6 Å². The van der Waals surface area contributed by atoms with Crippen LogP contribution in [0.4, 0.5) is 0 Å². The molecule has 4 aliphatic heterocycles. The van der Waals surface area contributed by atoms with Crippen molar-refractivity contribution in [3.8, 4) is 11.5 Å². The molecular formula is C29H33N3O4. The number of aromatic nitrogens is 1. The summed E-state index contributed by atoms with van der Waals surface area (Å²) in [7, 11) is 0. The predicted octanol–water partition coefficient (Wildman–Crippen LogP) is 2.74. The van der Waals surface area contributed by atoms with Gasteiger partial charge in [0.25, 0.3) is 0 Å². The number of aromatic amines is 1. The first-order valence-electron chi connectivity index (χ1n) is 13.7. The Morgan fingerprint density at radius 3 is 2.83 bits per heavy atom. The highest BCUT2D eigenvalue weighted by Crippen LogP contribution is 2.71. The van der Waals surface area contributed by atoms with E-state index in [2.05, 4.69) is 20.9 Å². The third-order valence-electron chi connectivity index (χ3n) is 10.7. The minimum Gasteiger partial charge on any atom is -0.504 e. The van der Waals surface area contributed by atoms with E-state index in [9.17, 15) is 14.7 Å². The smallest absolute Gasteiger partial charge is 0.248 e. The Bertz CT molecular complexity index is 1330. The first-order valence-corrected chi connectivity index (χ1v) is 13.7. The van der Waals surface area contributed by atoms with Gasteiger partial charge in [-0.1, -0.05) is 12.1 Å². The van der Waals surface area contributed by atoms with Gasteiger partial charge in [-0.05, 0) is 75.1 Å². The number of aromatic hydroxyl groups is 1. The fourth-order valence-electron chi connectivity index (χ4n) is 9.16. The molecule has 5 heterocycles. The van der Waals surface area contributed by atoms with Gasteiger partial charge in [-0.15, -0.1) is 0 Å². The van der Waals surface area contributed by atoms with Crippen molar-refractivity contribution in [1.82, 2.24) is 14.8 Å². The highest BCUT2D eigenvalue weighted by atomic mass is 16.5. The Labute approximate surface area is 210 Å². The number of rotatable bonds is 4. The number of fused-ring (bicyclic) bond motifs is 3. The van der Waals surface area contributed by atoms with Crippen LogP contribution in [0.15, 0.2) is 35.1 Å². The number of carbonyl (C=O) groups excluding carboxylic acids is 1. The van der Waals surface area contributed by atoms with Crippen LogP contribution in [0.1, 0.15) is 55.3 Å². The van der Waals surface area contributed by atoms with Crippen molar-refractivity contribution >= 4 is 5.91 Å². The summed E-state index contributed by atoms with van der Waals surface area (Å²) >= 11 is 0. The highest BCUT2D eigenvalue weighted by molar-refractivity contribution is 5.79. The summed E-state index contributed by atoms with van der Waals surface area (Å²) in [5.41, 5.74) is 3.00. The third-order valence-corrected chi connectivity index (χ3v) is 10.7. The number of phenolic OH excluding ortho intramolecular Hbond substituents is 1. The Kier molecular flexibility index (Phi) is 4.23. The first kappa shape index (κ1) is 21.3. The molecule has 3 saturated heterocycles. The van der Waals surface area contributed by atoms with Crippen LogP contribution >= 0.6 is 0 Å². The van der Waals surface area contributed by atoms with Gasteiger partial charge >= 0.3 is 0 Å². The first-order chi connectivity index (χ1) is 17.5. The number of likely N-dealkylation sites (tertiary alicyclic amines) is 1. The average Bonchev–Trinajstić information content (AvgIpc) is 3.65. The largest absolute Gasteiger partial charge is 0.504 e. The zero-order valence-electron chi connectivity index (χ0n) is 20.5. The van der Waals surface area contributed by atoms with E-state index in [0.29, 0.717) is 17.5 Å². The van der Waals surface area contributed by atoms with Crippen LogP contribution in [-0.4, -0.2) is 63.6 Å². The molecule has 2 spiro atoms. The number of phenols is 1. The summed E-state index contributed by atoms with van der Waals surface area (Å²) in [6.45, 7) is 3.00. The number of carbonyl (C=O) groups is 1. The number of pyridine rings is 1. The number of amides is 1. The van der Waals surface area contributed by atoms with E-state index >= 15 is 0 Å². The molecule has 36 heavy (non-hydrogen) atoms. The molecule has 1 aromatic carbocycles. The molecule has 7 aliphatic rings. The summed E-state index contributed by atoms with van der Waals surface area (Å²) in [6.07, 6.45) is 7.83. The second-order valence-electron chi connectivity index (χ2n) is 12.2. The van der Waals surface area contributed by atoms with Gasteiger partial charge < -0.3 is 19.7 Å². The summed E-state index contributed by atoms with van der Waals surface area (Å²) in [4.78, 5) is 33.3. The van der Waals surface area contributed by atoms with Gasteiger partial charge in [-0.3, -0.25) is 14.5 Å². The number of hydrogen-bond donors (Lipinski definition) is 2. The monoisotopic (exact) mass is 487 g/mol. The number of nitrogens with zero attached hydrogens (tertiary/aromatic N) is 2. The Hall–Kier alpha value is -2.80. The maximum atomic E-state index is 13.7. The van der Waals surface area contributed by atoms with Gasteiger partial charge in [0.15, 0.2) is 11.5 Å². The number of nitrogens with one attached hydrogen (secondary N) is 1. The molecule has 9 rings (SSSR count). The van der Waals surface area contributed by atoms with Crippen LogP contribution in [0.5, 0.6) is 11.5 Å². The standard InChI is InChI=1S/C29H33N3O4/c33-21-7-6-18-14-22-28-9-8-20(32(13-10-28)24(35)15-19-2-1-3-23(34)30-19)27-29(28,25(18)26(21)36-27)11-12-31(22)16-17-4-5-17/h1-3,6-7,17,20,22,27,33H,4-5,8-16H2,(H,30,34)/t20-,22-,27+,28-,29+/m1/s1. The molecule has 188 valence electrons. The minimum atomic E-state index is -0.178. The number of benzene rings is 1. The molecule has 5 fully saturated rings. The van der Waals surface area contributed by atoms with Crippen molar-refractivity contribution in [3.05, 3.63) is 57.5 Å². The van der Waals surface area contributed by atoms with Crippen molar-refractivity contribution in [2.45, 2.75) is 75.0 Å². The summed E-state index contributed by atoms with van der Waals surface area (Å²) in [5.74, 6) is 1.83. The van der Waals surface area contributed by atoms with E-state index in [1.807, 2.05) is 12.1 Å². The van der Waals surface area contributed by atoms with Crippen molar-refractivity contribution < 1.29 is 14.6 Å². The van der Waals surface area contributed by atoms with Crippen LogP contribution in [0.25, 0.3) is 0 Å². The van der Waals surface area contributed by atoms with Crippen molar-refractivity contribution in [3.63, 3.8) is 0 Å². The molecule has 2 aromatic rings. The van der Waals surface area contributed by atoms with E-state index in [4.69, 9.17) is 4.74 Å². The fraction of sp³-hybridized carbons (Fsp3) is 0.586. The lowest BCUT2D eigenvalue weighted by atomic mass is 9.42. The third kappa shape index (κ3) is 2.62. The van der Waals surface area contributed by atoms with Crippen molar-refractivity contribution in [2.24, 2.45) is 11.3 Å². The Balaban J connectivity index is 1.24. The van der Waals surface area contributed by atoms with E-state index in [0.717, 1.165) is 51.1 Å². The highest BCUT2D eigenvalue weighted by Gasteiger charge is 2.74. The minimum absolute atomic E-state index is 0.0167. The van der Waals surface area contributed by atoms with Gasteiger partial charge in [0.1, 0.15) is 6.10 Å². The lowest BCUT2D eigenvalue weighted by molar-refractivity contribution is -0.143. The summed E-state index contributed by atoms with van der Waals surface area (Å²) in [5, 5.41) is 10.9. The lowest BCUT2D eigenvalue weighted by Crippen LogP contribution is -2.72. The molecule has 7 heteroatoms. The SMILES string of the molecule is O=C(Cc1cccc(=O)[nH]1)N1CC[C@@]23CC[C@@H]1[C@@H]1Oc4c(O)ccc5c4[C@@]12CCN(CC1CC1)[C@@H]3C5. The number of hydrogen-bond acceptors (Lipinski definition) is 5. The molecule has 3 aliphatic carbocycles. The van der Waals surface area contributed by atoms with Crippen LogP contribution in [0.2, 0.25) is 0 Å². The molecule has 0 unspecified atom stereocenters. The van der Waals surface area contributed by atoms with Gasteiger partial charge in [-0.2, -0.15) is 0 Å². The molecule has 5 atom stereocenters. The normalized spacial score (nSPS) is 35.8. The van der Waals surface area contributed by atoms with Crippen LogP contribution in [0, 0.1) is 11.3 Å². The van der Waals surface area contributed by atoms with Crippen molar-refractivity contribution in [2.75, 3.05) is 19.6 Å². The molecule has 2 saturated carbocycles. The second kappa shape index (κ2) is 7.15. The maximum absolute atomic E-state index is 13.7. The number of ether oxygens (including phenoxy) is 1. The van der Waals surface area contributed by atoms with Gasteiger partial charge in [-0.25, -0.2) is 0 Å². The van der Waals surface area contributed by atoms with Gasteiger partial charge in [0.05, 0.1) is 12.5 Å². The predicted molar refractivity (Wildman–Crippen MR) is 133 cm³/mol. The van der Waals surface area contributed by atoms with E-state index < -0.39 is 0 Å².